The molecule has 0 aliphatic rings. The molecule has 1 aromatic carbocycles. The van der Waals surface area contributed by atoms with E-state index in [-0.39, 0.29) is 5.91 Å². The molecule has 0 atom stereocenters. The zero-order valence-corrected chi connectivity index (χ0v) is 9.99. The van der Waals surface area contributed by atoms with E-state index in [4.69, 9.17) is 23.2 Å². The second kappa shape index (κ2) is 5.19. The van der Waals surface area contributed by atoms with Crippen molar-refractivity contribution in [1.29, 1.82) is 0 Å². The number of carbonyl (C=O) groups is 1. The number of aryl methyl sites for hydroxylation is 1. The number of hydrogen-bond acceptors (Lipinski definition) is 1. The van der Waals surface area contributed by atoms with Crippen LogP contribution in [-0.4, -0.2) is 5.91 Å². The normalized spacial score (nSPS) is 10.7. The van der Waals surface area contributed by atoms with Crippen molar-refractivity contribution in [2.24, 2.45) is 0 Å². The first-order valence-electron chi connectivity index (χ1n) is 4.44. The Kier molecular flexibility index (Phi) is 4.18. The largest absolute Gasteiger partial charge is 0.321 e. The summed E-state index contributed by atoms with van der Waals surface area (Å²) in [6, 6.07) is 3.36. The van der Waals surface area contributed by atoms with Gasteiger partial charge >= 0.3 is 0 Å². The molecule has 0 saturated heterocycles. The number of allylic oxidation sites excluding steroid dienone is 1. The van der Waals surface area contributed by atoms with Gasteiger partial charge in [0.1, 0.15) is 0 Å². The van der Waals surface area contributed by atoms with Gasteiger partial charge in [-0.25, -0.2) is 0 Å². The predicted molar refractivity (Wildman–Crippen MR) is 64.6 cm³/mol. The van der Waals surface area contributed by atoms with Crippen molar-refractivity contribution < 1.29 is 4.79 Å². The van der Waals surface area contributed by atoms with Crippen LogP contribution >= 0.6 is 23.2 Å². The molecule has 1 N–H and O–H groups in total. The third kappa shape index (κ3) is 3.26. The highest BCUT2D eigenvalue weighted by Crippen LogP contribution is 2.28. The first-order chi connectivity index (χ1) is 7.04. The van der Waals surface area contributed by atoms with Crippen LogP contribution in [-0.2, 0) is 4.79 Å². The molecule has 1 amide bonds. The minimum Gasteiger partial charge on any atom is -0.321 e. The average molecular weight is 244 g/mol. The van der Waals surface area contributed by atoms with Gasteiger partial charge in [-0.1, -0.05) is 29.3 Å². The van der Waals surface area contributed by atoms with Crippen LogP contribution in [0, 0.1) is 6.92 Å². The lowest BCUT2D eigenvalue weighted by Crippen LogP contribution is -2.08. The molecule has 80 valence electrons. The number of rotatable bonds is 2. The van der Waals surface area contributed by atoms with E-state index >= 15 is 0 Å². The fraction of sp³-hybridized carbons (Fsp3) is 0.182. The Bertz CT molecular complexity index is 413. The van der Waals surface area contributed by atoms with Crippen LogP contribution in [0.25, 0.3) is 0 Å². The first-order valence-corrected chi connectivity index (χ1v) is 5.19. The van der Waals surface area contributed by atoms with Crippen molar-refractivity contribution >= 4 is 34.8 Å². The van der Waals surface area contributed by atoms with Crippen LogP contribution in [0.3, 0.4) is 0 Å². The second-order valence-corrected chi connectivity index (χ2v) is 3.88. The number of hydrogen-bond donors (Lipinski definition) is 1. The SMILES string of the molecule is C/C=C/C(=O)Nc1cc(Cl)c(C)cc1Cl. The van der Waals surface area contributed by atoms with E-state index in [1.165, 1.54) is 6.08 Å². The molecule has 0 aliphatic carbocycles. The van der Waals surface area contributed by atoms with E-state index in [0.717, 1.165) is 5.56 Å². The van der Waals surface area contributed by atoms with Crippen LogP contribution in [0.1, 0.15) is 12.5 Å². The standard InChI is InChI=1S/C11H11Cl2NO/c1-3-4-11(15)14-10-6-8(12)7(2)5-9(10)13/h3-6H,1-2H3,(H,14,15)/b4-3+. The number of benzene rings is 1. The van der Waals surface area contributed by atoms with Crippen molar-refractivity contribution in [1.82, 2.24) is 0 Å². The summed E-state index contributed by atoms with van der Waals surface area (Å²) in [5.74, 6) is -0.223. The fourth-order valence-corrected chi connectivity index (χ4v) is 1.50. The Morgan fingerprint density at radius 3 is 2.60 bits per heavy atom. The highest BCUT2D eigenvalue weighted by atomic mass is 35.5. The van der Waals surface area contributed by atoms with E-state index in [2.05, 4.69) is 5.32 Å². The van der Waals surface area contributed by atoms with Gasteiger partial charge in [-0.15, -0.1) is 0 Å². The third-order valence-corrected chi connectivity index (χ3v) is 2.54. The van der Waals surface area contributed by atoms with Gasteiger partial charge in [0.25, 0.3) is 0 Å². The van der Waals surface area contributed by atoms with Gasteiger partial charge in [0.2, 0.25) is 5.91 Å². The predicted octanol–water partition coefficient (Wildman–Crippen LogP) is 3.82. The molecular formula is C11H11Cl2NO. The summed E-state index contributed by atoms with van der Waals surface area (Å²) >= 11 is 11.9. The summed E-state index contributed by atoms with van der Waals surface area (Å²) in [5, 5.41) is 3.70. The quantitative estimate of drug-likeness (QED) is 0.787. The Morgan fingerprint density at radius 1 is 1.33 bits per heavy atom. The highest BCUT2D eigenvalue weighted by molar-refractivity contribution is 6.36. The minimum absolute atomic E-state index is 0.223. The molecule has 15 heavy (non-hydrogen) atoms. The summed E-state index contributed by atoms with van der Waals surface area (Å²) in [7, 11) is 0. The summed E-state index contributed by atoms with van der Waals surface area (Å²) in [4.78, 5) is 11.3. The van der Waals surface area contributed by atoms with Crippen LogP contribution in [0.4, 0.5) is 5.69 Å². The first kappa shape index (κ1) is 12.1. The van der Waals surface area contributed by atoms with Crippen molar-refractivity contribution in [3.63, 3.8) is 0 Å². The molecule has 0 unspecified atom stereocenters. The van der Waals surface area contributed by atoms with E-state index in [1.54, 1.807) is 25.1 Å². The Hall–Kier alpha value is -0.990. The van der Waals surface area contributed by atoms with Crippen LogP contribution in [0.5, 0.6) is 0 Å². The molecule has 0 aliphatic heterocycles. The number of amides is 1. The molecule has 0 radical (unpaired) electrons. The van der Waals surface area contributed by atoms with E-state index in [0.29, 0.717) is 15.7 Å². The molecule has 4 heteroatoms. The molecule has 2 nitrogen and oxygen atoms in total. The Morgan fingerprint density at radius 2 is 2.00 bits per heavy atom. The van der Waals surface area contributed by atoms with Gasteiger partial charge in [-0.2, -0.15) is 0 Å². The van der Waals surface area contributed by atoms with E-state index in [9.17, 15) is 4.79 Å². The highest BCUT2D eigenvalue weighted by Gasteiger charge is 2.06. The third-order valence-electron chi connectivity index (χ3n) is 1.82. The average Bonchev–Trinajstić information content (AvgIpc) is 2.14. The Labute approximate surface area is 98.9 Å². The maximum atomic E-state index is 11.3. The Balaban J connectivity index is 2.95. The smallest absolute Gasteiger partial charge is 0.248 e. The van der Waals surface area contributed by atoms with Gasteiger partial charge < -0.3 is 5.32 Å². The van der Waals surface area contributed by atoms with Crippen molar-refractivity contribution in [3.05, 3.63) is 39.9 Å². The maximum Gasteiger partial charge on any atom is 0.248 e. The van der Waals surface area contributed by atoms with E-state index in [1.807, 2.05) is 6.92 Å². The van der Waals surface area contributed by atoms with Crippen molar-refractivity contribution in [2.75, 3.05) is 5.32 Å². The second-order valence-electron chi connectivity index (χ2n) is 3.07. The zero-order chi connectivity index (χ0) is 11.4. The van der Waals surface area contributed by atoms with Crippen molar-refractivity contribution in [3.8, 4) is 0 Å². The number of carbonyl (C=O) groups excluding carboxylic acids is 1. The lowest BCUT2D eigenvalue weighted by Gasteiger charge is -2.07. The van der Waals surface area contributed by atoms with Crippen molar-refractivity contribution in [2.45, 2.75) is 13.8 Å². The van der Waals surface area contributed by atoms with Crippen LogP contribution in [0.2, 0.25) is 10.0 Å². The molecule has 0 aromatic heterocycles. The fourth-order valence-electron chi connectivity index (χ4n) is 1.07. The molecule has 0 fully saturated rings. The lowest BCUT2D eigenvalue weighted by atomic mass is 10.2. The summed E-state index contributed by atoms with van der Waals surface area (Å²) in [5.41, 5.74) is 1.40. The molecule has 0 heterocycles. The summed E-state index contributed by atoms with van der Waals surface area (Å²) < 4.78 is 0. The zero-order valence-electron chi connectivity index (χ0n) is 8.47. The molecule has 1 aromatic rings. The molecule has 0 spiro atoms. The topological polar surface area (TPSA) is 29.1 Å². The summed E-state index contributed by atoms with van der Waals surface area (Å²) in [6.45, 7) is 3.62. The van der Waals surface area contributed by atoms with Gasteiger partial charge in [-0.05, 0) is 37.6 Å². The monoisotopic (exact) mass is 243 g/mol. The van der Waals surface area contributed by atoms with Crippen LogP contribution in [0.15, 0.2) is 24.3 Å². The lowest BCUT2D eigenvalue weighted by molar-refractivity contribution is -0.111. The van der Waals surface area contributed by atoms with Gasteiger partial charge in [0.15, 0.2) is 0 Å². The number of anilines is 1. The molecule has 0 saturated carbocycles. The van der Waals surface area contributed by atoms with Gasteiger partial charge in [-0.3, -0.25) is 4.79 Å². The number of nitrogens with one attached hydrogen (secondary N) is 1. The maximum absolute atomic E-state index is 11.3. The number of halogens is 2. The van der Waals surface area contributed by atoms with Gasteiger partial charge in [0, 0.05) is 5.02 Å². The van der Waals surface area contributed by atoms with E-state index < -0.39 is 0 Å². The molecular weight excluding hydrogens is 233 g/mol. The molecule has 1 rings (SSSR count). The van der Waals surface area contributed by atoms with Crippen LogP contribution < -0.4 is 5.32 Å². The minimum atomic E-state index is -0.223. The summed E-state index contributed by atoms with van der Waals surface area (Å²) in [6.07, 6.45) is 3.07. The molecule has 0 bridgehead atoms. The van der Waals surface area contributed by atoms with Gasteiger partial charge in [0.05, 0.1) is 10.7 Å².